The van der Waals surface area contributed by atoms with Crippen LogP contribution in [0.5, 0.6) is 0 Å². The van der Waals surface area contributed by atoms with Gasteiger partial charge in [-0.3, -0.25) is 19.3 Å². The number of aryl methyl sites for hydroxylation is 1. The summed E-state index contributed by atoms with van der Waals surface area (Å²) in [5.74, 6) is -1.12. The maximum atomic E-state index is 12.1. The lowest BCUT2D eigenvalue weighted by atomic mass is 10.1. The number of hydrogen-bond acceptors (Lipinski definition) is 6. The molecule has 2 rings (SSSR count). The van der Waals surface area contributed by atoms with Crippen molar-refractivity contribution < 1.29 is 27.0 Å². The van der Waals surface area contributed by atoms with E-state index in [1.165, 1.54) is 24.8 Å². The second-order valence-electron chi connectivity index (χ2n) is 4.60. The van der Waals surface area contributed by atoms with Gasteiger partial charge in [0, 0.05) is 12.5 Å². The fourth-order valence-corrected chi connectivity index (χ4v) is 2.82. The number of carbonyl (C=O) groups is 1. The Balaban J connectivity index is 2.26. The Kier molecular flexibility index (Phi) is 4.41. The fourth-order valence-electron chi connectivity index (χ4n) is 1.86. The molecule has 2 amide bonds. The summed E-state index contributed by atoms with van der Waals surface area (Å²) in [6, 6.07) is 4.68. The third kappa shape index (κ3) is 3.22. The zero-order chi connectivity index (χ0) is 16.3. The summed E-state index contributed by atoms with van der Waals surface area (Å²) < 4.78 is 29.1. The van der Waals surface area contributed by atoms with Crippen molar-refractivity contribution in [1.82, 2.24) is 4.90 Å². The Morgan fingerprint density at radius 3 is 2.41 bits per heavy atom. The summed E-state index contributed by atoms with van der Waals surface area (Å²) in [5.41, 5.74) is 0.874. The molecular formula is C14H11NO6S. The number of carbonyl (C=O) groups excluding carboxylic acids is 3. The first-order valence-corrected chi connectivity index (χ1v) is 7.58. The van der Waals surface area contributed by atoms with E-state index in [2.05, 4.69) is 0 Å². The number of imide groups is 1. The highest BCUT2D eigenvalue weighted by Gasteiger charge is 2.32. The normalized spacial score (nSPS) is 18.6. The molecular weight excluding hydrogens is 310 g/mol. The molecule has 0 aliphatic carbocycles. The summed E-state index contributed by atoms with van der Waals surface area (Å²) in [6.45, 7) is 1.80. The van der Waals surface area contributed by atoms with Gasteiger partial charge in [0.25, 0.3) is 5.91 Å². The van der Waals surface area contributed by atoms with Gasteiger partial charge in [0.1, 0.15) is 16.7 Å². The maximum Gasteiger partial charge on any atom is 0.338 e. The molecule has 0 fully saturated rings. The van der Waals surface area contributed by atoms with E-state index < -0.39 is 22.1 Å². The number of rotatable bonds is 5. The van der Waals surface area contributed by atoms with Crippen molar-refractivity contribution in [1.29, 1.82) is 0 Å². The molecule has 0 saturated carbocycles. The van der Waals surface area contributed by atoms with Crippen LogP contribution in [0.4, 0.5) is 0 Å². The van der Waals surface area contributed by atoms with Crippen LogP contribution in [0.25, 0.3) is 0 Å². The molecule has 1 heterocycles. The third-order valence-electron chi connectivity index (χ3n) is 2.99. The Hall–Kier alpha value is -2.48. The highest BCUT2D eigenvalue weighted by Crippen LogP contribution is 2.23. The predicted molar refractivity (Wildman–Crippen MR) is 74.2 cm³/mol. The summed E-state index contributed by atoms with van der Waals surface area (Å²) in [4.78, 5) is 33.4. The zero-order valence-corrected chi connectivity index (χ0v) is 12.3. The lowest BCUT2D eigenvalue weighted by Gasteiger charge is -2.24. The Labute approximate surface area is 127 Å². The Morgan fingerprint density at radius 1 is 1.23 bits per heavy atom. The lowest BCUT2D eigenvalue weighted by molar-refractivity contribution is -0.124. The highest BCUT2D eigenvalue weighted by atomic mass is 32.2. The highest BCUT2D eigenvalue weighted by molar-refractivity contribution is 7.86. The summed E-state index contributed by atoms with van der Waals surface area (Å²) >= 11 is 0. The van der Waals surface area contributed by atoms with Crippen LogP contribution >= 0.6 is 0 Å². The Morgan fingerprint density at radius 2 is 1.86 bits per heavy atom. The van der Waals surface area contributed by atoms with Crippen LogP contribution in [0, 0.1) is 6.92 Å². The van der Waals surface area contributed by atoms with Crippen molar-refractivity contribution in [3.8, 4) is 0 Å². The molecule has 8 heteroatoms. The van der Waals surface area contributed by atoms with Crippen molar-refractivity contribution >= 4 is 28.7 Å². The van der Waals surface area contributed by atoms with Crippen LogP contribution in [-0.2, 0) is 28.7 Å². The molecule has 0 N–H and O–H groups in total. The summed E-state index contributed by atoms with van der Waals surface area (Å²) in [5, 5.41) is 0. The molecule has 7 nitrogen and oxygen atoms in total. The first-order chi connectivity index (χ1) is 10.4. The number of amides is 2. The topological polar surface area (TPSA) is 97.8 Å². The van der Waals surface area contributed by atoms with Crippen LogP contribution in [0.15, 0.2) is 41.0 Å². The van der Waals surface area contributed by atoms with E-state index in [1.54, 1.807) is 19.1 Å². The van der Waals surface area contributed by atoms with Gasteiger partial charge >= 0.3 is 16.5 Å². The van der Waals surface area contributed by atoms with Crippen LogP contribution in [0.2, 0.25) is 0 Å². The standard InChI is InChI=1S/C14H11NO6S/c1-10-2-4-13(5-3-10)22(19,20)21-12-6-11(8-16)15(9-17)14(18)7-12/h2-5,7,11H,6H2,1H3. The van der Waals surface area contributed by atoms with Crippen molar-refractivity contribution in [3.63, 3.8) is 0 Å². The molecule has 0 saturated heterocycles. The second kappa shape index (κ2) is 6.10. The second-order valence-corrected chi connectivity index (χ2v) is 6.14. The quantitative estimate of drug-likeness (QED) is 0.726. The largest absolute Gasteiger partial charge is 0.383 e. The molecule has 1 aliphatic rings. The van der Waals surface area contributed by atoms with E-state index in [0.717, 1.165) is 11.6 Å². The monoisotopic (exact) mass is 321 g/mol. The number of hydrogen-bond donors (Lipinski definition) is 0. The smallest absolute Gasteiger partial charge is 0.338 e. The molecule has 0 aromatic heterocycles. The predicted octanol–water partition coefficient (Wildman–Crippen LogP) is 0.362. The molecule has 22 heavy (non-hydrogen) atoms. The van der Waals surface area contributed by atoms with Gasteiger partial charge in [-0.1, -0.05) is 17.7 Å². The average Bonchev–Trinajstić information content (AvgIpc) is 2.46. The van der Waals surface area contributed by atoms with E-state index in [0.29, 0.717) is 4.90 Å². The van der Waals surface area contributed by atoms with E-state index >= 15 is 0 Å². The zero-order valence-electron chi connectivity index (χ0n) is 11.5. The van der Waals surface area contributed by atoms with Gasteiger partial charge in [0.15, 0.2) is 0 Å². The maximum absolute atomic E-state index is 12.1. The van der Waals surface area contributed by atoms with Crippen LogP contribution in [0.1, 0.15) is 12.0 Å². The van der Waals surface area contributed by atoms with Gasteiger partial charge in [-0.15, -0.1) is 0 Å². The van der Waals surface area contributed by atoms with Crippen molar-refractivity contribution in [2.75, 3.05) is 0 Å². The molecule has 1 aromatic rings. The lowest BCUT2D eigenvalue weighted by Crippen LogP contribution is -2.43. The molecule has 0 bridgehead atoms. The summed E-state index contributed by atoms with van der Waals surface area (Å²) in [6.07, 6.45) is 3.34. The fraction of sp³-hybridized carbons (Fsp3) is 0.214. The van der Waals surface area contributed by atoms with E-state index in [4.69, 9.17) is 4.18 Å². The minimum atomic E-state index is -4.12. The van der Waals surface area contributed by atoms with Crippen molar-refractivity contribution in [2.45, 2.75) is 24.3 Å². The van der Waals surface area contributed by atoms with Crippen LogP contribution in [-0.4, -0.2) is 38.0 Å². The van der Waals surface area contributed by atoms with Crippen molar-refractivity contribution in [2.24, 2.45) is 0 Å². The minimum absolute atomic E-state index is 0.0811. The summed E-state index contributed by atoms with van der Waals surface area (Å²) in [7, 11) is -4.12. The third-order valence-corrected chi connectivity index (χ3v) is 4.27. The van der Waals surface area contributed by atoms with Gasteiger partial charge in [-0.2, -0.15) is 8.42 Å². The average molecular weight is 321 g/mol. The molecule has 1 atom stereocenters. The molecule has 1 unspecified atom stereocenters. The van der Waals surface area contributed by atoms with E-state index in [1.807, 2.05) is 0 Å². The minimum Gasteiger partial charge on any atom is -0.383 e. The van der Waals surface area contributed by atoms with Gasteiger partial charge < -0.3 is 4.18 Å². The first-order valence-electron chi connectivity index (χ1n) is 6.18. The Bertz CT molecular complexity index is 735. The molecule has 1 aromatic carbocycles. The molecule has 2 radical (unpaired) electrons. The van der Waals surface area contributed by atoms with Gasteiger partial charge in [-0.05, 0) is 19.1 Å². The first kappa shape index (κ1) is 15.9. The number of nitrogens with zero attached hydrogens (tertiary/aromatic N) is 1. The van der Waals surface area contributed by atoms with Crippen LogP contribution in [0.3, 0.4) is 0 Å². The van der Waals surface area contributed by atoms with Gasteiger partial charge in [0.2, 0.25) is 6.29 Å². The van der Waals surface area contributed by atoms with Gasteiger partial charge in [-0.25, -0.2) is 0 Å². The number of benzene rings is 1. The van der Waals surface area contributed by atoms with Crippen molar-refractivity contribution in [3.05, 3.63) is 41.7 Å². The van der Waals surface area contributed by atoms with E-state index in [-0.39, 0.29) is 17.1 Å². The molecule has 114 valence electrons. The molecule has 0 spiro atoms. The van der Waals surface area contributed by atoms with E-state index in [9.17, 15) is 22.8 Å². The SMILES string of the molecule is Cc1ccc(S(=O)(=O)OC2=CC(=O)N([C]=O)C([C]=O)C2)cc1. The van der Waals surface area contributed by atoms with Gasteiger partial charge in [0.05, 0.1) is 0 Å². The van der Waals surface area contributed by atoms with Crippen LogP contribution < -0.4 is 0 Å². The molecule has 1 aliphatic heterocycles.